The van der Waals surface area contributed by atoms with Gasteiger partial charge in [0.05, 0.1) is 0 Å². The predicted octanol–water partition coefficient (Wildman–Crippen LogP) is 2.12. The number of carbonyl (C=O) groups excluding carboxylic acids is 2. The third-order valence-electron chi connectivity index (χ3n) is 2.55. The van der Waals surface area contributed by atoms with Crippen molar-refractivity contribution < 1.29 is 9.59 Å². The van der Waals surface area contributed by atoms with Crippen LogP contribution in [-0.4, -0.2) is 24.9 Å². The molecule has 4 heteroatoms. The summed E-state index contributed by atoms with van der Waals surface area (Å²) < 4.78 is 0. The molecule has 19 heavy (non-hydrogen) atoms. The number of anilines is 1. The molecule has 0 fully saturated rings. The summed E-state index contributed by atoms with van der Waals surface area (Å²) >= 11 is 0. The molecule has 0 spiro atoms. The highest BCUT2D eigenvalue weighted by Gasteiger charge is 2.19. The first-order chi connectivity index (χ1) is 9.06. The van der Waals surface area contributed by atoms with E-state index in [9.17, 15) is 9.59 Å². The van der Waals surface area contributed by atoms with Gasteiger partial charge in [-0.3, -0.25) is 14.5 Å². The molecule has 2 amide bonds. The Balaban J connectivity index is 2.85. The summed E-state index contributed by atoms with van der Waals surface area (Å²) in [6.07, 6.45) is 0.867. The van der Waals surface area contributed by atoms with E-state index in [1.807, 2.05) is 25.1 Å². The van der Waals surface area contributed by atoms with E-state index in [2.05, 4.69) is 11.9 Å². The lowest BCUT2D eigenvalue weighted by Gasteiger charge is -2.22. The summed E-state index contributed by atoms with van der Waals surface area (Å²) in [7, 11) is 0. The number of para-hydroxylation sites is 1. The van der Waals surface area contributed by atoms with Crippen LogP contribution in [0.15, 0.2) is 42.5 Å². The molecule has 1 aromatic carbocycles. The topological polar surface area (TPSA) is 49.4 Å². The molecule has 0 aliphatic rings. The second-order valence-corrected chi connectivity index (χ2v) is 4.36. The fourth-order valence-electron chi connectivity index (χ4n) is 1.58. The van der Waals surface area contributed by atoms with E-state index >= 15 is 0 Å². The molecule has 0 aromatic heterocycles. The summed E-state index contributed by atoms with van der Waals surface area (Å²) in [5.74, 6) is -0.404. The second kappa shape index (κ2) is 7.36. The molecule has 0 heterocycles. The van der Waals surface area contributed by atoms with Crippen molar-refractivity contribution in [2.75, 3.05) is 18.0 Å². The van der Waals surface area contributed by atoms with E-state index in [0.29, 0.717) is 17.8 Å². The Morgan fingerprint density at radius 1 is 1.26 bits per heavy atom. The van der Waals surface area contributed by atoms with Crippen molar-refractivity contribution in [3.05, 3.63) is 42.5 Å². The Kier molecular flexibility index (Phi) is 5.79. The van der Waals surface area contributed by atoms with Gasteiger partial charge in [-0.05, 0) is 25.5 Å². The maximum Gasteiger partial charge on any atom is 0.253 e. The average molecular weight is 260 g/mol. The minimum atomic E-state index is -0.238. The lowest BCUT2D eigenvalue weighted by molar-refractivity contribution is -0.122. The van der Waals surface area contributed by atoms with Crippen LogP contribution < -0.4 is 10.2 Å². The minimum absolute atomic E-state index is 0.00963. The van der Waals surface area contributed by atoms with Gasteiger partial charge in [0, 0.05) is 17.8 Å². The SMILES string of the molecule is C=C(C)C(=O)N(CC(=O)NCCC)c1ccccc1. The van der Waals surface area contributed by atoms with E-state index in [1.165, 1.54) is 4.90 Å². The van der Waals surface area contributed by atoms with Crippen molar-refractivity contribution in [1.82, 2.24) is 5.32 Å². The number of hydrogen-bond donors (Lipinski definition) is 1. The van der Waals surface area contributed by atoms with Gasteiger partial charge in [-0.2, -0.15) is 0 Å². The first-order valence-corrected chi connectivity index (χ1v) is 6.35. The van der Waals surface area contributed by atoms with Crippen LogP contribution in [0.25, 0.3) is 0 Å². The number of hydrogen-bond acceptors (Lipinski definition) is 2. The van der Waals surface area contributed by atoms with Gasteiger partial charge < -0.3 is 5.32 Å². The predicted molar refractivity (Wildman–Crippen MR) is 76.9 cm³/mol. The van der Waals surface area contributed by atoms with Crippen LogP contribution in [0, 0.1) is 0 Å². The first kappa shape index (κ1) is 15.0. The van der Waals surface area contributed by atoms with Gasteiger partial charge >= 0.3 is 0 Å². The summed E-state index contributed by atoms with van der Waals surface area (Å²) in [5.41, 5.74) is 1.11. The molecule has 1 rings (SSSR count). The third-order valence-corrected chi connectivity index (χ3v) is 2.55. The molecule has 1 aromatic rings. The van der Waals surface area contributed by atoms with Crippen molar-refractivity contribution in [3.8, 4) is 0 Å². The highest BCUT2D eigenvalue weighted by atomic mass is 16.2. The lowest BCUT2D eigenvalue weighted by Crippen LogP contribution is -2.41. The zero-order chi connectivity index (χ0) is 14.3. The number of amides is 2. The first-order valence-electron chi connectivity index (χ1n) is 6.35. The molecule has 102 valence electrons. The fourth-order valence-corrected chi connectivity index (χ4v) is 1.58. The normalized spacial score (nSPS) is 9.79. The van der Waals surface area contributed by atoms with Gasteiger partial charge in [0.15, 0.2) is 0 Å². The molecular weight excluding hydrogens is 240 g/mol. The molecule has 4 nitrogen and oxygen atoms in total. The Morgan fingerprint density at radius 2 is 1.89 bits per heavy atom. The van der Waals surface area contributed by atoms with Crippen molar-refractivity contribution in [2.24, 2.45) is 0 Å². The number of carbonyl (C=O) groups is 2. The number of nitrogens with zero attached hydrogens (tertiary/aromatic N) is 1. The van der Waals surface area contributed by atoms with Gasteiger partial charge in [0.1, 0.15) is 6.54 Å². The zero-order valence-electron chi connectivity index (χ0n) is 11.5. The average Bonchev–Trinajstić information content (AvgIpc) is 2.42. The maximum absolute atomic E-state index is 12.1. The largest absolute Gasteiger partial charge is 0.355 e. The van der Waals surface area contributed by atoms with E-state index in [4.69, 9.17) is 0 Å². The Bertz CT molecular complexity index is 454. The van der Waals surface area contributed by atoms with E-state index in [1.54, 1.807) is 19.1 Å². The standard InChI is InChI=1S/C15H20N2O2/c1-4-10-16-14(18)11-17(15(19)12(2)3)13-8-6-5-7-9-13/h5-9H,2,4,10-11H2,1,3H3,(H,16,18). The van der Waals surface area contributed by atoms with Crippen LogP contribution in [0.3, 0.4) is 0 Å². The van der Waals surface area contributed by atoms with Crippen molar-refractivity contribution >= 4 is 17.5 Å². The molecule has 0 saturated carbocycles. The third kappa shape index (κ3) is 4.58. The number of nitrogens with one attached hydrogen (secondary N) is 1. The maximum atomic E-state index is 12.1. The van der Waals surface area contributed by atoms with Crippen LogP contribution in [-0.2, 0) is 9.59 Å². The fraction of sp³-hybridized carbons (Fsp3) is 0.333. The van der Waals surface area contributed by atoms with E-state index in [0.717, 1.165) is 6.42 Å². The van der Waals surface area contributed by atoms with E-state index < -0.39 is 0 Å². The molecule has 0 atom stereocenters. The monoisotopic (exact) mass is 260 g/mol. The number of benzene rings is 1. The van der Waals surface area contributed by atoms with Crippen LogP contribution in [0.2, 0.25) is 0 Å². The smallest absolute Gasteiger partial charge is 0.253 e. The Morgan fingerprint density at radius 3 is 2.42 bits per heavy atom. The van der Waals surface area contributed by atoms with Crippen molar-refractivity contribution in [1.29, 1.82) is 0 Å². The van der Waals surface area contributed by atoms with Gasteiger partial charge in [0.25, 0.3) is 5.91 Å². The molecule has 0 bridgehead atoms. The Hall–Kier alpha value is -2.10. The van der Waals surface area contributed by atoms with Gasteiger partial charge in [-0.1, -0.05) is 31.7 Å². The molecule has 0 aliphatic carbocycles. The highest BCUT2D eigenvalue weighted by Crippen LogP contribution is 2.15. The number of rotatable bonds is 6. The quantitative estimate of drug-likeness (QED) is 0.796. The van der Waals surface area contributed by atoms with Crippen LogP contribution >= 0.6 is 0 Å². The summed E-state index contributed by atoms with van der Waals surface area (Å²) in [6.45, 7) is 7.89. The zero-order valence-corrected chi connectivity index (χ0v) is 11.5. The van der Waals surface area contributed by atoms with Gasteiger partial charge in [0.2, 0.25) is 5.91 Å². The van der Waals surface area contributed by atoms with Crippen molar-refractivity contribution in [2.45, 2.75) is 20.3 Å². The molecule has 0 unspecified atom stereocenters. The van der Waals surface area contributed by atoms with Crippen LogP contribution in [0.1, 0.15) is 20.3 Å². The highest BCUT2D eigenvalue weighted by molar-refractivity contribution is 6.07. The van der Waals surface area contributed by atoms with Gasteiger partial charge in [-0.25, -0.2) is 0 Å². The summed E-state index contributed by atoms with van der Waals surface area (Å²) in [5, 5.41) is 2.76. The molecule has 1 N–H and O–H groups in total. The molecular formula is C15H20N2O2. The van der Waals surface area contributed by atoms with E-state index in [-0.39, 0.29) is 18.4 Å². The van der Waals surface area contributed by atoms with Crippen LogP contribution in [0.4, 0.5) is 5.69 Å². The minimum Gasteiger partial charge on any atom is -0.355 e. The molecule has 0 aliphatic heterocycles. The van der Waals surface area contributed by atoms with Crippen molar-refractivity contribution in [3.63, 3.8) is 0 Å². The van der Waals surface area contributed by atoms with Gasteiger partial charge in [-0.15, -0.1) is 0 Å². The Labute approximate surface area is 114 Å². The summed E-state index contributed by atoms with van der Waals surface area (Å²) in [4.78, 5) is 25.3. The second-order valence-electron chi connectivity index (χ2n) is 4.36. The lowest BCUT2D eigenvalue weighted by atomic mass is 10.2. The molecule has 0 radical (unpaired) electrons. The summed E-state index contributed by atoms with van der Waals surface area (Å²) in [6, 6.07) is 9.13. The molecule has 0 saturated heterocycles. The van der Waals surface area contributed by atoms with Crippen LogP contribution in [0.5, 0.6) is 0 Å².